The molecule has 2 nitrogen and oxygen atoms in total. The molecule has 0 rings (SSSR count). The van der Waals surface area contributed by atoms with Gasteiger partial charge in [-0.3, -0.25) is 9.10 Å². The molecule has 0 saturated heterocycles. The summed E-state index contributed by atoms with van der Waals surface area (Å²) in [5.41, 5.74) is 0. The van der Waals surface area contributed by atoms with Gasteiger partial charge in [-0.15, -0.1) is 23.2 Å². The third kappa shape index (κ3) is 4.49. The molecule has 0 aliphatic carbocycles. The van der Waals surface area contributed by atoms with Gasteiger partial charge in [-0.2, -0.15) is 0 Å². The molecule has 0 N–H and O–H groups in total. The van der Waals surface area contributed by atoms with Gasteiger partial charge in [-0.25, -0.2) is 0 Å². The lowest BCUT2D eigenvalue weighted by molar-refractivity contribution is 0.251. The van der Waals surface area contributed by atoms with Crippen LogP contribution >= 0.6 is 70.0 Å². The molecule has 0 aliphatic rings. The second kappa shape index (κ2) is 5.23. The summed E-state index contributed by atoms with van der Waals surface area (Å²) in [5.74, 6) is 0. The Morgan fingerprint density at radius 3 is 2.17 bits per heavy atom. The molecule has 0 saturated carbocycles. The summed E-state index contributed by atoms with van der Waals surface area (Å²) in [4.78, 5) is 9.49. The summed E-state index contributed by atoms with van der Waals surface area (Å²) < 4.78 is -0.457. The standard InChI is InChI=1S/C4H4Cl5NOS/c1-10(3(7)11)12-4(8,9)2(5)6/h2H,1H3. The highest BCUT2D eigenvalue weighted by Gasteiger charge is 2.36. The Kier molecular flexibility index (Phi) is 5.78. The predicted molar refractivity (Wildman–Crippen MR) is 56.5 cm³/mol. The molecule has 0 aromatic rings. The SMILES string of the molecule is CN(SC(Cl)(Cl)C(Cl)Cl)C(=O)Cl. The summed E-state index contributed by atoms with van der Waals surface area (Å²) >= 11 is 27.9. The first-order chi connectivity index (χ1) is 5.27. The van der Waals surface area contributed by atoms with Gasteiger partial charge in [0.25, 0.3) is 0 Å². The van der Waals surface area contributed by atoms with Crippen molar-refractivity contribution in [3.63, 3.8) is 0 Å². The fourth-order valence-corrected chi connectivity index (χ4v) is 1.74. The van der Waals surface area contributed by atoms with E-state index >= 15 is 0 Å². The zero-order chi connectivity index (χ0) is 9.94. The van der Waals surface area contributed by atoms with E-state index in [0.717, 1.165) is 16.3 Å². The molecule has 12 heavy (non-hydrogen) atoms. The summed E-state index contributed by atoms with van der Waals surface area (Å²) in [7, 11) is 1.40. The zero-order valence-electron chi connectivity index (χ0n) is 5.73. The lowest BCUT2D eigenvalue weighted by Crippen LogP contribution is -2.25. The number of carbonyl (C=O) groups is 1. The molecule has 0 fully saturated rings. The van der Waals surface area contributed by atoms with Gasteiger partial charge in [0.15, 0.2) is 4.84 Å². The number of alkyl halides is 4. The van der Waals surface area contributed by atoms with Crippen LogP contribution in [0.1, 0.15) is 0 Å². The summed E-state index contributed by atoms with van der Waals surface area (Å²) in [6, 6.07) is 0. The van der Waals surface area contributed by atoms with Gasteiger partial charge in [0.1, 0.15) is 0 Å². The first-order valence-electron chi connectivity index (χ1n) is 2.55. The van der Waals surface area contributed by atoms with Crippen LogP contribution in [0.5, 0.6) is 0 Å². The summed E-state index contributed by atoms with van der Waals surface area (Å²) in [6.07, 6.45) is 0. The molecular formula is C4H4Cl5NOS. The Labute approximate surface area is 99.5 Å². The average molecular weight is 291 g/mol. The molecule has 0 atom stereocenters. The number of halogens is 5. The van der Waals surface area contributed by atoms with Crippen molar-refractivity contribution in [1.29, 1.82) is 0 Å². The number of rotatable bonds is 3. The number of carbonyl (C=O) groups excluding carboxylic acids is 1. The maximum atomic E-state index is 10.5. The number of amides is 1. The number of nitrogens with zero attached hydrogens (tertiary/aromatic N) is 1. The lowest BCUT2D eigenvalue weighted by atomic mass is 10.9. The van der Waals surface area contributed by atoms with Gasteiger partial charge < -0.3 is 0 Å². The van der Waals surface area contributed by atoms with Crippen LogP contribution in [-0.4, -0.2) is 25.2 Å². The molecule has 0 heterocycles. The second-order valence-electron chi connectivity index (χ2n) is 1.70. The minimum Gasteiger partial charge on any atom is -0.273 e. The first-order valence-corrected chi connectivity index (χ1v) is 5.33. The van der Waals surface area contributed by atoms with E-state index in [4.69, 9.17) is 58.0 Å². The molecule has 0 radical (unpaired) electrons. The van der Waals surface area contributed by atoms with Gasteiger partial charge in [0.05, 0.1) is 0 Å². The molecule has 0 aromatic carbocycles. The molecular weight excluding hydrogens is 287 g/mol. The van der Waals surface area contributed by atoms with E-state index < -0.39 is 13.9 Å². The van der Waals surface area contributed by atoms with Crippen molar-refractivity contribution in [2.75, 3.05) is 7.05 Å². The maximum Gasteiger partial charge on any atom is 0.326 e. The van der Waals surface area contributed by atoms with Crippen LogP contribution in [0.2, 0.25) is 0 Å². The highest BCUT2D eigenvalue weighted by molar-refractivity contribution is 8.01. The average Bonchev–Trinajstić information content (AvgIpc) is 1.85. The van der Waals surface area contributed by atoms with E-state index in [-0.39, 0.29) is 0 Å². The van der Waals surface area contributed by atoms with Gasteiger partial charge >= 0.3 is 5.37 Å². The van der Waals surface area contributed by atoms with Crippen LogP contribution in [0.15, 0.2) is 0 Å². The minimum absolute atomic E-state index is 0.709. The Morgan fingerprint density at radius 1 is 1.50 bits per heavy atom. The van der Waals surface area contributed by atoms with Gasteiger partial charge in [-0.1, -0.05) is 23.2 Å². The Morgan fingerprint density at radius 2 is 1.92 bits per heavy atom. The van der Waals surface area contributed by atoms with Crippen molar-refractivity contribution in [2.45, 2.75) is 8.50 Å². The lowest BCUT2D eigenvalue weighted by Gasteiger charge is -2.23. The molecule has 0 unspecified atom stereocenters. The summed E-state index contributed by atoms with van der Waals surface area (Å²) in [6.45, 7) is 0. The van der Waals surface area contributed by atoms with Crippen molar-refractivity contribution >= 4 is 75.3 Å². The van der Waals surface area contributed by atoms with E-state index in [1.807, 2.05) is 0 Å². The molecule has 0 spiro atoms. The molecule has 0 aliphatic heterocycles. The molecule has 8 heteroatoms. The highest BCUT2D eigenvalue weighted by atomic mass is 35.5. The van der Waals surface area contributed by atoms with Crippen LogP contribution < -0.4 is 0 Å². The van der Waals surface area contributed by atoms with E-state index in [0.29, 0.717) is 0 Å². The maximum absolute atomic E-state index is 10.5. The van der Waals surface area contributed by atoms with E-state index in [9.17, 15) is 4.79 Å². The van der Waals surface area contributed by atoms with Crippen molar-refractivity contribution in [3.8, 4) is 0 Å². The Balaban J connectivity index is 4.15. The normalized spacial score (nSPS) is 11.9. The van der Waals surface area contributed by atoms with Crippen molar-refractivity contribution < 1.29 is 4.79 Å². The highest BCUT2D eigenvalue weighted by Crippen LogP contribution is 2.43. The monoisotopic (exact) mass is 289 g/mol. The third-order valence-corrected chi connectivity index (χ3v) is 4.24. The fraction of sp³-hybridized carbons (Fsp3) is 0.750. The van der Waals surface area contributed by atoms with Crippen molar-refractivity contribution in [1.82, 2.24) is 4.31 Å². The largest absolute Gasteiger partial charge is 0.326 e. The minimum atomic E-state index is -1.48. The third-order valence-electron chi connectivity index (χ3n) is 0.760. The van der Waals surface area contributed by atoms with Crippen LogP contribution in [0.3, 0.4) is 0 Å². The van der Waals surface area contributed by atoms with Crippen LogP contribution in [0.4, 0.5) is 4.79 Å². The Hall–Kier alpha value is 1.27. The predicted octanol–water partition coefficient (Wildman–Crippen LogP) is 3.86. The summed E-state index contributed by atoms with van der Waals surface area (Å²) in [5, 5.41) is -0.709. The van der Waals surface area contributed by atoms with Gasteiger partial charge in [0.2, 0.25) is 3.67 Å². The van der Waals surface area contributed by atoms with Gasteiger partial charge in [0, 0.05) is 7.05 Å². The van der Waals surface area contributed by atoms with E-state index in [2.05, 4.69) is 0 Å². The molecule has 1 amide bonds. The van der Waals surface area contributed by atoms with E-state index in [1.54, 1.807) is 0 Å². The quantitative estimate of drug-likeness (QED) is 0.340. The first kappa shape index (κ1) is 13.3. The molecule has 0 bridgehead atoms. The fourth-order valence-electron chi connectivity index (χ4n) is 0.258. The van der Waals surface area contributed by atoms with Crippen molar-refractivity contribution in [2.24, 2.45) is 0 Å². The second-order valence-corrected chi connectivity index (χ2v) is 6.33. The number of hydrogen-bond acceptors (Lipinski definition) is 2. The molecule has 72 valence electrons. The zero-order valence-corrected chi connectivity index (χ0v) is 10.3. The van der Waals surface area contributed by atoms with Crippen LogP contribution in [-0.2, 0) is 0 Å². The molecule has 0 aromatic heterocycles. The van der Waals surface area contributed by atoms with Gasteiger partial charge in [-0.05, 0) is 23.5 Å². The van der Waals surface area contributed by atoms with Crippen LogP contribution in [0, 0.1) is 0 Å². The van der Waals surface area contributed by atoms with Crippen molar-refractivity contribution in [3.05, 3.63) is 0 Å². The topological polar surface area (TPSA) is 20.3 Å². The smallest absolute Gasteiger partial charge is 0.273 e. The number of hydrogen-bond donors (Lipinski definition) is 0. The Bertz CT molecular complexity index is 175. The van der Waals surface area contributed by atoms with E-state index in [1.165, 1.54) is 7.05 Å². The van der Waals surface area contributed by atoms with Crippen LogP contribution in [0.25, 0.3) is 0 Å².